The van der Waals surface area contributed by atoms with Gasteiger partial charge in [0.2, 0.25) is 11.8 Å². The summed E-state index contributed by atoms with van der Waals surface area (Å²) in [6, 6.07) is 12.5. The van der Waals surface area contributed by atoms with Crippen molar-refractivity contribution in [3.63, 3.8) is 0 Å². The van der Waals surface area contributed by atoms with Crippen LogP contribution in [0.3, 0.4) is 0 Å². The number of hydrogen-bond acceptors (Lipinski definition) is 7. The van der Waals surface area contributed by atoms with Gasteiger partial charge in [-0.2, -0.15) is 5.26 Å². The van der Waals surface area contributed by atoms with E-state index in [2.05, 4.69) is 32.2 Å². The molecule has 3 N–H and O–H groups in total. The second-order valence-electron chi connectivity index (χ2n) is 9.57. The van der Waals surface area contributed by atoms with Crippen molar-refractivity contribution in [3.05, 3.63) is 89.3 Å². The second kappa shape index (κ2) is 13.3. The highest BCUT2D eigenvalue weighted by Gasteiger charge is 2.29. The van der Waals surface area contributed by atoms with Crippen LogP contribution < -0.4 is 16.0 Å². The lowest BCUT2D eigenvalue weighted by Crippen LogP contribution is -2.51. The molecule has 1 saturated heterocycles. The average molecular weight is 545 g/mol. The van der Waals surface area contributed by atoms with E-state index >= 15 is 0 Å². The minimum absolute atomic E-state index is 0.00615. The van der Waals surface area contributed by atoms with Crippen LogP contribution in [0.15, 0.2) is 65.3 Å². The lowest BCUT2D eigenvalue weighted by atomic mass is 9.90. The Morgan fingerprint density at radius 2 is 2.02 bits per heavy atom. The molecule has 1 aliphatic rings. The number of rotatable bonds is 10. The van der Waals surface area contributed by atoms with E-state index in [1.54, 1.807) is 37.4 Å². The zero-order valence-electron chi connectivity index (χ0n) is 21.9. The Labute approximate surface area is 230 Å². The minimum Gasteiger partial charge on any atom is -0.361 e. The van der Waals surface area contributed by atoms with Gasteiger partial charge >= 0.3 is 0 Å². The monoisotopic (exact) mass is 544 g/mol. The highest BCUT2D eigenvalue weighted by atomic mass is 19.1. The molecule has 0 radical (unpaired) electrons. The Balaban J connectivity index is 1.61. The standard InChI is InChI=1S/C29H29FN6O4/c1-18-13-26(36-40-18)29(39)35-25(14-19-7-9-22(30)10-8-19)28(38)34-23(15-20-5-4-12-33-27(20)37)16-21(17-31)24-6-2-3-11-32-24/h2-3,6-11,13,16,20,23,25H,4-5,12,14-15H2,1H3,(H,33,37)(H,34,38)(H,35,39)/b21-16-/t20-,23-,25-/m0/s1. The van der Waals surface area contributed by atoms with Gasteiger partial charge in [0, 0.05) is 37.2 Å². The van der Waals surface area contributed by atoms with Gasteiger partial charge in [0.25, 0.3) is 5.91 Å². The van der Waals surface area contributed by atoms with Crippen LogP contribution in [-0.2, 0) is 16.0 Å². The number of nitrogens with one attached hydrogen (secondary N) is 3. The molecule has 0 aliphatic carbocycles. The van der Waals surface area contributed by atoms with Gasteiger partial charge < -0.3 is 20.5 Å². The molecule has 1 fully saturated rings. The SMILES string of the molecule is Cc1cc(C(=O)N[C@@H](Cc2ccc(F)cc2)C(=O)N[C@H](/C=C(/C#N)c2ccccn2)C[C@@H]2CCCNC2=O)no1. The number of halogens is 1. The summed E-state index contributed by atoms with van der Waals surface area (Å²) in [7, 11) is 0. The quantitative estimate of drug-likeness (QED) is 0.332. The molecule has 3 amide bonds. The molecule has 3 aromatic rings. The topological polar surface area (TPSA) is 150 Å². The van der Waals surface area contributed by atoms with Crippen LogP contribution in [0.2, 0.25) is 0 Å². The molecule has 0 unspecified atom stereocenters. The normalized spacial score (nSPS) is 16.8. The van der Waals surface area contributed by atoms with Gasteiger partial charge in [0.05, 0.1) is 11.3 Å². The first kappa shape index (κ1) is 28.2. The maximum Gasteiger partial charge on any atom is 0.274 e. The number of nitrogens with zero attached hydrogens (tertiary/aromatic N) is 3. The van der Waals surface area contributed by atoms with Crippen LogP contribution in [-0.4, -0.2) is 46.5 Å². The van der Waals surface area contributed by atoms with Crippen molar-refractivity contribution in [2.24, 2.45) is 5.92 Å². The highest BCUT2D eigenvalue weighted by Crippen LogP contribution is 2.21. The van der Waals surface area contributed by atoms with Gasteiger partial charge in [0.1, 0.15) is 23.7 Å². The largest absolute Gasteiger partial charge is 0.361 e. The number of benzene rings is 1. The van der Waals surface area contributed by atoms with Gasteiger partial charge in [-0.05, 0) is 62.1 Å². The summed E-state index contributed by atoms with van der Waals surface area (Å²) in [5.41, 5.74) is 1.28. The zero-order chi connectivity index (χ0) is 28.5. The summed E-state index contributed by atoms with van der Waals surface area (Å²) >= 11 is 0. The molecular formula is C29H29FN6O4. The number of carbonyl (C=O) groups excluding carboxylic acids is 3. The highest BCUT2D eigenvalue weighted by molar-refractivity contribution is 5.96. The summed E-state index contributed by atoms with van der Waals surface area (Å²) in [4.78, 5) is 43.3. The molecule has 0 bridgehead atoms. The molecule has 10 nitrogen and oxygen atoms in total. The smallest absolute Gasteiger partial charge is 0.274 e. The molecule has 11 heteroatoms. The third-order valence-corrected chi connectivity index (χ3v) is 6.53. The number of nitriles is 1. The van der Waals surface area contributed by atoms with Crippen molar-refractivity contribution in [3.8, 4) is 6.07 Å². The number of aryl methyl sites for hydroxylation is 1. The first-order valence-corrected chi connectivity index (χ1v) is 12.9. The van der Waals surface area contributed by atoms with E-state index in [0.717, 1.165) is 6.42 Å². The van der Waals surface area contributed by atoms with E-state index in [-0.39, 0.29) is 35.9 Å². The van der Waals surface area contributed by atoms with Gasteiger partial charge in [0.15, 0.2) is 5.69 Å². The maximum atomic E-state index is 13.7. The lowest BCUT2D eigenvalue weighted by Gasteiger charge is -2.27. The Bertz CT molecular complexity index is 1410. The summed E-state index contributed by atoms with van der Waals surface area (Å²) < 4.78 is 18.5. The molecule has 1 aliphatic heterocycles. The number of allylic oxidation sites excluding steroid dienone is 1. The average Bonchev–Trinajstić information content (AvgIpc) is 3.40. The van der Waals surface area contributed by atoms with Gasteiger partial charge in [-0.25, -0.2) is 4.39 Å². The molecule has 3 heterocycles. The third-order valence-electron chi connectivity index (χ3n) is 6.53. The number of hydrogen-bond donors (Lipinski definition) is 3. The van der Waals surface area contributed by atoms with Gasteiger partial charge in [-0.1, -0.05) is 23.4 Å². The van der Waals surface area contributed by atoms with Crippen LogP contribution in [0.1, 0.15) is 46.8 Å². The fourth-order valence-electron chi connectivity index (χ4n) is 4.49. The van der Waals surface area contributed by atoms with E-state index in [9.17, 15) is 24.0 Å². The van der Waals surface area contributed by atoms with Crippen LogP contribution >= 0.6 is 0 Å². The molecular weight excluding hydrogens is 515 g/mol. The summed E-state index contributed by atoms with van der Waals surface area (Å²) in [5.74, 6) is -1.66. The fourth-order valence-corrected chi connectivity index (χ4v) is 4.49. The van der Waals surface area contributed by atoms with E-state index in [0.29, 0.717) is 30.0 Å². The van der Waals surface area contributed by atoms with Crippen LogP contribution in [0.5, 0.6) is 0 Å². The van der Waals surface area contributed by atoms with Crippen LogP contribution in [0, 0.1) is 30.0 Å². The Hall–Kier alpha value is -4.85. The fraction of sp³-hybridized carbons (Fsp3) is 0.310. The first-order chi connectivity index (χ1) is 19.3. The molecule has 1 aromatic carbocycles. The molecule has 0 saturated carbocycles. The molecule has 2 aromatic heterocycles. The van der Waals surface area contributed by atoms with Gasteiger partial charge in [-0.15, -0.1) is 0 Å². The Kier molecular flexibility index (Phi) is 9.35. The predicted octanol–water partition coefficient (Wildman–Crippen LogP) is 2.87. The Morgan fingerprint density at radius 3 is 2.67 bits per heavy atom. The molecule has 3 atom stereocenters. The Morgan fingerprint density at radius 1 is 1.23 bits per heavy atom. The van der Waals surface area contributed by atoms with E-state index in [4.69, 9.17) is 4.52 Å². The van der Waals surface area contributed by atoms with Crippen molar-refractivity contribution in [1.29, 1.82) is 5.26 Å². The van der Waals surface area contributed by atoms with Crippen molar-refractivity contribution in [2.75, 3.05) is 6.54 Å². The minimum atomic E-state index is -1.08. The van der Waals surface area contributed by atoms with E-state index < -0.39 is 29.7 Å². The van der Waals surface area contributed by atoms with E-state index in [1.165, 1.54) is 30.3 Å². The first-order valence-electron chi connectivity index (χ1n) is 12.9. The second-order valence-corrected chi connectivity index (χ2v) is 9.57. The van der Waals surface area contributed by atoms with Crippen LogP contribution in [0.25, 0.3) is 5.57 Å². The zero-order valence-corrected chi connectivity index (χ0v) is 21.9. The molecule has 206 valence electrons. The van der Waals surface area contributed by atoms with Crippen LogP contribution in [0.4, 0.5) is 4.39 Å². The summed E-state index contributed by atoms with van der Waals surface area (Å²) in [6.45, 7) is 2.23. The molecule has 4 rings (SSSR count). The number of aromatic nitrogens is 2. The lowest BCUT2D eigenvalue weighted by molar-refractivity contribution is -0.128. The molecule has 0 spiro atoms. The summed E-state index contributed by atoms with van der Waals surface area (Å²) in [6.07, 6.45) is 4.88. The third kappa shape index (κ3) is 7.60. The van der Waals surface area contributed by atoms with Gasteiger partial charge in [-0.3, -0.25) is 19.4 Å². The number of pyridine rings is 1. The van der Waals surface area contributed by atoms with E-state index in [1.807, 2.05) is 0 Å². The molecule has 40 heavy (non-hydrogen) atoms. The maximum absolute atomic E-state index is 13.7. The predicted molar refractivity (Wildman–Crippen MR) is 143 cm³/mol. The van der Waals surface area contributed by atoms with Crippen molar-refractivity contribution < 1.29 is 23.3 Å². The van der Waals surface area contributed by atoms with Crippen molar-refractivity contribution in [1.82, 2.24) is 26.1 Å². The number of carbonyl (C=O) groups is 3. The number of amides is 3. The number of piperidine rings is 1. The van der Waals surface area contributed by atoms with Crippen molar-refractivity contribution >= 4 is 23.3 Å². The summed E-state index contributed by atoms with van der Waals surface area (Å²) in [5, 5.41) is 22.0. The van der Waals surface area contributed by atoms with Crippen molar-refractivity contribution in [2.45, 2.75) is 44.7 Å².